The van der Waals surface area contributed by atoms with E-state index in [4.69, 9.17) is 6.42 Å². The van der Waals surface area contributed by atoms with Gasteiger partial charge in [-0.2, -0.15) is 0 Å². The Labute approximate surface area is 197 Å². The third kappa shape index (κ3) is 6.89. The predicted octanol–water partition coefficient (Wildman–Crippen LogP) is 8.58. The highest BCUT2D eigenvalue weighted by molar-refractivity contribution is 5.64. The maximum absolute atomic E-state index is 5.57. The Balaban J connectivity index is 2.42. The molecule has 0 saturated carbocycles. The first-order valence-corrected chi connectivity index (χ1v) is 11.6. The minimum absolute atomic E-state index is 0.0103. The summed E-state index contributed by atoms with van der Waals surface area (Å²) in [5, 5.41) is 0. The van der Waals surface area contributed by atoms with Gasteiger partial charge in [-0.15, -0.1) is 6.42 Å². The van der Waals surface area contributed by atoms with Crippen molar-refractivity contribution >= 4 is 11.4 Å². The van der Waals surface area contributed by atoms with Crippen molar-refractivity contribution in [3.63, 3.8) is 0 Å². The van der Waals surface area contributed by atoms with Crippen molar-refractivity contribution in [2.45, 2.75) is 73.1 Å². The molecule has 0 amide bonds. The highest BCUT2D eigenvalue weighted by atomic mass is 15.1. The van der Waals surface area contributed by atoms with E-state index in [1.165, 1.54) is 22.5 Å². The standard InChI is InChI=1S/C31H41N/c1-11-13-24(29(2,3)4)14-12-23-32(27-19-15-25(16-20-27)30(5,6)7)28-21-17-26(18-22-28)31(8,9)10/h1,12-22H,23H2,2-10H3/b14-12-,24-13+. The maximum atomic E-state index is 5.57. The third-order valence-electron chi connectivity index (χ3n) is 5.78. The average molecular weight is 428 g/mol. The molecule has 32 heavy (non-hydrogen) atoms. The molecule has 2 aromatic carbocycles. The fourth-order valence-corrected chi connectivity index (χ4v) is 3.53. The molecule has 0 aliphatic heterocycles. The molecular weight excluding hydrogens is 386 g/mol. The minimum atomic E-state index is 0.0103. The topological polar surface area (TPSA) is 3.24 Å². The van der Waals surface area contributed by atoms with Crippen LogP contribution in [0.4, 0.5) is 11.4 Å². The van der Waals surface area contributed by atoms with Crippen molar-refractivity contribution in [3.05, 3.63) is 83.5 Å². The Morgan fingerprint density at radius 3 is 1.47 bits per heavy atom. The van der Waals surface area contributed by atoms with Crippen LogP contribution in [0.5, 0.6) is 0 Å². The molecule has 0 aliphatic carbocycles. The summed E-state index contributed by atoms with van der Waals surface area (Å²) in [5.41, 5.74) is 6.49. The number of hydrogen-bond acceptors (Lipinski definition) is 1. The van der Waals surface area contributed by atoms with E-state index < -0.39 is 0 Å². The molecule has 0 heterocycles. The zero-order chi connectivity index (χ0) is 24.2. The van der Waals surface area contributed by atoms with E-state index in [0.717, 1.165) is 12.1 Å². The highest BCUT2D eigenvalue weighted by Gasteiger charge is 2.17. The van der Waals surface area contributed by atoms with Crippen LogP contribution in [0.25, 0.3) is 0 Å². The van der Waals surface area contributed by atoms with Crippen molar-refractivity contribution in [1.82, 2.24) is 0 Å². The quantitative estimate of drug-likeness (QED) is 0.341. The van der Waals surface area contributed by atoms with Crippen LogP contribution in [0, 0.1) is 17.8 Å². The number of terminal acetylenes is 1. The first kappa shape index (κ1) is 25.5. The molecule has 0 N–H and O–H groups in total. The second-order valence-corrected chi connectivity index (χ2v) is 11.6. The molecular formula is C31H41N. The Kier molecular flexibility index (Phi) is 7.84. The van der Waals surface area contributed by atoms with E-state index >= 15 is 0 Å². The van der Waals surface area contributed by atoms with Gasteiger partial charge in [0.2, 0.25) is 0 Å². The third-order valence-corrected chi connectivity index (χ3v) is 5.78. The molecule has 1 heteroatoms. The summed E-state index contributed by atoms with van der Waals surface area (Å²) in [6, 6.07) is 17.9. The van der Waals surface area contributed by atoms with E-state index in [-0.39, 0.29) is 16.2 Å². The summed E-state index contributed by atoms with van der Waals surface area (Å²) >= 11 is 0. The zero-order valence-corrected chi connectivity index (χ0v) is 21.6. The summed E-state index contributed by atoms with van der Waals surface area (Å²) in [4.78, 5) is 2.35. The number of benzene rings is 2. The van der Waals surface area contributed by atoms with Crippen LogP contribution in [0.1, 0.15) is 73.4 Å². The maximum Gasteiger partial charge on any atom is 0.0415 e. The van der Waals surface area contributed by atoms with Crippen LogP contribution in [-0.4, -0.2) is 6.54 Å². The Bertz CT molecular complexity index is 916. The summed E-state index contributed by atoms with van der Waals surface area (Å²) in [7, 11) is 0. The first-order valence-electron chi connectivity index (χ1n) is 11.6. The van der Waals surface area contributed by atoms with Gasteiger partial charge in [-0.25, -0.2) is 0 Å². The molecule has 0 fully saturated rings. The summed E-state index contributed by atoms with van der Waals surface area (Å²) in [6.45, 7) is 20.8. The van der Waals surface area contributed by atoms with Gasteiger partial charge in [0.25, 0.3) is 0 Å². The Morgan fingerprint density at radius 2 is 1.16 bits per heavy atom. The largest absolute Gasteiger partial charge is 0.338 e. The second kappa shape index (κ2) is 9.83. The lowest BCUT2D eigenvalue weighted by Crippen LogP contribution is -2.19. The van der Waals surface area contributed by atoms with Gasteiger partial charge in [-0.05, 0) is 63.3 Å². The van der Waals surface area contributed by atoms with Crippen molar-refractivity contribution in [2.24, 2.45) is 5.41 Å². The van der Waals surface area contributed by atoms with E-state index in [0.29, 0.717) is 0 Å². The van der Waals surface area contributed by atoms with Crippen LogP contribution in [0.15, 0.2) is 72.3 Å². The van der Waals surface area contributed by atoms with Gasteiger partial charge in [0.15, 0.2) is 0 Å². The van der Waals surface area contributed by atoms with Crippen LogP contribution in [0.3, 0.4) is 0 Å². The van der Waals surface area contributed by atoms with E-state index in [9.17, 15) is 0 Å². The van der Waals surface area contributed by atoms with Gasteiger partial charge in [0.05, 0.1) is 0 Å². The summed E-state index contributed by atoms with van der Waals surface area (Å²) in [6.07, 6.45) is 11.8. The number of anilines is 2. The monoisotopic (exact) mass is 427 g/mol. The lowest BCUT2D eigenvalue weighted by molar-refractivity contribution is 0.517. The van der Waals surface area contributed by atoms with Gasteiger partial charge in [0.1, 0.15) is 0 Å². The second-order valence-electron chi connectivity index (χ2n) is 11.6. The van der Waals surface area contributed by atoms with Gasteiger partial charge in [0, 0.05) is 17.9 Å². The normalized spacial score (nSPS) is 13.3. The average Bonchev–Trinajstić information content (AvgIpc) is 2.68. The molecule has 0 saturated heterocycles. The molecule has 0 unspecified atom stereocenters. The van der Waals surface area contributed by atoms with Crippen molar-refractivity contribution < 1.29 is 0 Å². The number of nitrogens with zero attached hydrogens (tertiary/aromatic N) is 1. The predicted molar refractivity (Wildman–Crippen MR) is 143 cm³/mol. The highest BCUT2D eigenvalue weighted by Crippen LogP contribution is 2.32. The van der Waals surface area contributed by atoms with Gasteiger partial charge >= 0.3 is 0 Å². The van der Waals surface area contributed by atoms with Crippen molar-refractivity contribution in [2.75, 3.05) is 11.4 Å². The number of hydrogen-bond donors (Lipinski definition) is 0. The van der Waals surface area contributed by atoms with Crippen LogP contribution in [-0.2, 0) is 10.8 Å². The fourth-order valence-electron chi connectivity index (χ4n) is 3.53. The Morgan fingerprint density at radius 1 is 0.750 bits per heavy atom. The number of allylic oxidation sites excluding steroid dienone is 3. The molecule has 0 bridgehead atoms. The SMILES string of the molecule is C#C/C=C(\C=C/CN(c1ccc(C(C)(C)C)cc1)c1ccc(C(C)(C)C)cc1)C(C)(C)C. The lowest BCUT2D eigenvalue weighted by Gasteiger charge is -2.27. The molecule has 0 radical (unpaired) electrons. The molecule has 0 atom stereocenters. The molecule has 0 aromatic heterocycles. The van der Waals surface area contributed by atoms with Crippen LogP contribution in [0.2, 0.25) is 0 Å². The lowest BCUT2D eigenvalue weighted by atomic mass is 9.86. The van der Waals surface area contributed by atoms with Gasteiger partial charge in [-0.1, -0.05) is 105 Å². The molecule has 0 spiro atoms. The van der Waals surface area contributed by atoms with Gasteiger partial charge < -0.3 is 4.90 Å². The summed E-state index contributed by atoms with van der Waals surface area (Å²) < 4.78 is 0. The molecule has 170 valence electrons. The van der Waals surface area contributed by atoms with Gasteiger partial charge in [-0.3, -0.25) is 0 Å². The molecule has 2 rings (SSSR count). The first-order chi connectivity index (χ1) is 14.7. The molecule has 2 aromatic rings. The summed E-state index contributed by atoms with van der Waals surface area (Å²) in [5.74, 6) is 2.69. The molecule has 1 nitrogen and oxygen atoms in total. The van der Waals surface area contributed by atoms with E-state index in [2.05, 4.69) is 134 Å². The van der Waals surface area contributed by atoms with Crippen LogP contribution >= 0.6 is 0 Å². The minimum Gasteiger partial charge on any atom is -0.338 e. The number of rotatable bonds is 5. The van der Waals surface area contributed by atoms with Crippen molar-refractivity contribution in [3.8, 4) is 12.3 Å². The van der Waals surface area contributed by atoms with Crippen LogP contribution < -0.4 is 4.90 Å². The Hall–Kier alpha value is -2.72. The van der Waals surface area contributed by atoms with E-state index in [1.54, 1.807) is 0 Å². The molecule has 0 aliphatic rings. The fraction of sp³-hybridized carbons (Fsp3) is 0.419. The zero-order valence-electron chi connectivity index (χ0n) is 21.6. The van der Waals surface area contributed by atoms with E-state index in [1.807, 2.05) is 6.08 Å². The van der Waals surface area contributed by atoms with Crippen molar-refractivity contribution in [1.29, 1.82) is 0 Å². The smallest absolute Gasteiger partial charge is 0.0415 e.